The highest BCUT2D eigenvalue weighted by Gasteiger charge is 2.38. The smallest absolute Gasteiger partial charge is 0.261 e. The van der Waals surface area contributed by atoms with Gasteiger partial charge in [-0.05, 0) is 43.4 Å². The minimum absolute atomic E-state index is 0.0292. The van der Waals surface area contributed by atoms with Gasteiger partial charge in [0.25, 0.3) is 5.91 Å². The molecule has 0 saturated heterocycles. The van der Waals surface area contributed by atoms with Crippen LogP contribution in [0.25, 0.3) is 0 Å². The maximum atomic E-state index is 12.0. The van der Waals surface area contributed by atoms with Crippen molar-refractivity contribution in [3.8, 4) is 5.75 Å². The zero-order chi connectivity index (χ0) is 14.5. The molecule has 1 aliphatic rings. The Bertz CT molecular complexity index is 461. The van der Waals surface area contributed by atoms with E-state index in [0.717, 1.165) is 18.4 Å². The van der Waals surface area contributed by atoms with E-state index < -0.39 is 6.10 Å². The maximum Gasteiger partial charge on any atom is 0.261 e. The first-order chi connectivity index (χ1) is 9.63. The number of amides is 1. The number of aliphatic hydroxyl groups excluding tert-OH is 1. The minimum Gasteiger partial charge on any atom is -0.481 e. The fourth-order valence-electron chi connectivity index (χ4n) is 2.39. The molecular formula is C16H23NO3. The highest BCUT2D eigenvalue weighted by molar-refractivity contribution is 5.81. The second-order valence-corrected chi connectivity index (χ2v) is 5.47. The number of rotatable bonds is 7. The summed E-state index contributed by atoms with van der Waals surface area (Å²) in [7, 11) is 0. The number of ether oxygens (including phenoxy) is 1. The molecule has 1 fully saturated rings. The number of carbonyl (C=O) groups excluding carboxylic acids is 1. The third kappa shape index (κ3) is 3.97. The largest absolute Gasteiger partial charge is 0.481 e. The van der Waals surface area contributed by atoms with Gasteiger partial charge in [-0.3, -0.25) is 4.79 Å². The normalized spacial score (nSPS) is 22.1. The van der Waals surface area contributed by atoms with Crippen molar-refractivity contribution in [3.63, 3.8) is 0 Å². The minimum atomic E-state index is -0.521. The number of carbonyl (C=O) groups is 1. The molecule has 4 nitrogen and oxygen atoms in total. The third-order valence-corrected chi connectivity index (χ3v) is 3.67. The standard InChI is InChI=1S/C16H23NO3/c1-3-5-13-9-15(13)17-16(19)11(2)20-14-7-4-6-12(8-14)10-18/h4,6-8,11,13,15,18H,3,5,9-10H2,1-2H3,(H,17,19). The number of aliphatic hydroxyl groups is 1. The zero-order valence-corrected chi connectivity index (χ0v) is 12.1. The molecule has 1 aliphatic carbocycles. The van der Waals surface area contributed by atoms with E-state index in [1.807, 2.05) is 12.1 Å². The lowest BCUT2D eigenvalue weighted by atomic mass is 10.2. The van der Waals surface area contributed by atoms with Crippen LogP contribution < -0.4 is 10.1 Å². The van der Waals surface area contributed by atoms with Crippen molar-refractivity contribution in [1.29, 1.82) is 0 Å². The number of benzene rings is 1. The van der Waals surface area contributed by atoms with Crippen LogP contribution in [0.5, 0.6) is 5.75 Å². The van der Waals surface area contributed by atoms with Gasteiger partial charge in [0, 0.05) is 6.04 Å². The monoisotopic (exact) mass is 277 g/mol. The Morgan fingerprint density at radius 2 is 2.35 bits per heavy atom. The van der Waals surface area contributed by atoms with Crippen LogP contribution in [-0.4, -0.2) is 23.2 Å². The highest BCUT2D eigenvalue weighted by Crippen LogP contribution is 2.34. The van der Waals surface area contributed by atoms with Crippen molar-refractivity contribution in [3.05, 3.63) is 29.8 Å². The summed E-state index contributed by atoms with van der Waals surface area (Å²) in [6.07, 6.45) is 2.91. The molecule has 0 heterocycles. The Morgan fingerprint density at radius 3 is 3.05 bits per heavy atom. The van der Waals surface area contributed by atoms with Crippen LogP contribution >= 0.6 is 0 Å². The van der Waals surface area contributed by atoms with Crippen LogP contribution in [0.2, 0.25) is 0 Å². The molecular weight excluding hydrogens is 254 g/mol. The van der Waals surface area contributed by atoms with Crippen LogP contribution in [0.3, 0.4) is 0 Å². The van der Waals surface area contributed by atoms with E-state index in [1.165, 1.54) is 6.42 Å². The molecule has 4 heteroatoms. The van der Waals surface area contributed by atoms with Gasteiger partial charge in [0.1, 0.15) is 5.75 Å². The number of nitrogens with one attached hydrogen (secondary N) is 1. The molecule has 2 rings (SSSR count). The molecule has 0 aliphatic heterocycles. The first-order valence-electron chi connectivity index (χ1n) is 7.30. The van der Waals surface area contributed by atoms with Crippen LogP contribution in [0, 0.1) is 5.92 Å². The van der Waals surface area contributed by atoms with Gasteiger partial charge >= 0.3 is 0 Å². The van der Waals surface area contributed by atoms with Crippen molar-refractivity contribution < 1.29 is 14.6 Å². The van der Waals surface area contributed by atoms with E-state index >= 15 is 0 Å². The summed E-state index contributed by atoms with van der Waals surface area (Å²) in [6, 6.07) is 7.50. The molecule has 0 radical (unpaired) electrons. The van der Waals surface area contributed by atoms with Crippen LogP contribution in [0.15, 0.2) is 24.3 Å². The predicted molar refractivity (Wildman–Crippen MR) is 77.4 cm³/mol. The summed E-state index contributed by atoms with van der Waals surface area (Å²) in [5.74, 6) is 1.19. The molecule has 110 valence electrons. The second-order valence-electron chi connectivity index (χ2n) is 5.47. The molecule has 1 amide bonds. The number of hydrogen-bond donors (Lipinski definition) is 2. The van der Waals surface area contributed by atoms with Gasteiger partial charge in [0.05, 0.1) is 6.61 Å². The van der Waals surface area contributed by atoms with Gasteiger partial charge in [-0.15, -0.1) is 0 Å². The molecule has 3 atom stereocenters. The number of hydrogen-bond acceptors (Lipinski definition) is 3. The third-order valence-electron chi connectivity index (χ3n) is 3.67. The fourth-order valence-corrected chi connectivity index (χ4v) is 2.39. The lowest BCUT2D eigenvalue weighted by Crippen LogP contribution is -2.38. The SMILES string of the molecule is CCCC1CC1NC(=O)C(C)Oc1cccc(CO)c1. The Labute approximate surface area is 120 Å². The highest BCUT2D eigenvalue weighted by atomic mass is 16.5. The predicted octanol–water partition coefficient (Wildman–Crippen LogP) is 2.25. The second kappa shape index (κ2) is 6.75. The van der Waals surface area contributed by atoms with Crippen LogP contribution in [0.1, 0.15) is 38.7 Å². The average molecular weight is 277 g/mol. The molecule has 0 bridgehead atoms. The Balaban J connectivity index is 1.82. The molecule has 0 aromatic heterocycles. The van der Waals surface area contributed by atoms with Crippen LogP contribution in [-0.2, 0) is 11.4 Å². The van der Waals surface area contributed by atoms with Crippen molar-refractivity contribution in [2.24, 2.45) is 5.92 Å². The van der Waals surface area contributed by atoms with E-state index in [1.54, 1.807) is 19.1 Å². The molecule has 1 aromatic carbocycles. The lowest BCUT2D eigenvalue weighted by molar-refractivity contribution is -0.127. The Hall–Kier alpha value is -1.55. The molecule has 0 spiro atoms. The summed E-state index contributed by atoms with van der Waals surface area (Å²) in [6.45, 7) is 3.88. The van der Waals surface area contributed by atoms with Crippen molar-refractivity contribution in [1.82, 2.24) is 5.32 Å². The molecule has 20 heavy (non-hydrogen) atoms. The van der Waals surface area contributed by atoms with Crippen molar-refractivity contribution in [2.45, 2.75) is 51.9 Å². The fraction of sp³-hybridized carbons (Fsp3) is 0.562. The van der Waals surface area contributed by atoms with E-state index in [0.29, 0.717) is 17.7 Å². The zero-order valence-electron chi connectivity index (χ0n) is 12.1. The van der Waals surface area contributed by atoms with Gasteiger partial charge in [-0.2, -0.15) is 0 Å². The van der Waals surface area contributed by atoms with Gasteiger partial charge in [0.15, 0.2) is 6.10 Å². The quantitative estimate of drug-likeness (QED) is 0.803. The molecule has 3 unspecified atom stereocenters. The topological polar surface area (TPSA) is 58.6 Å². The van der Waals surface area contributed by atoms with Crippen molar-refractivity contribution >= 4 is 5.91 Å². The Kier molecular flexibility index (Phi) is 5.01. The summed E-state index contributed by atoms with van der Waals surface area (Å²) >= 11 is 0. The van der Waals surface area contributed by atoms with Crippen LogP contribution in [0.4, 0.5) is 0 Å². The molecule has 2 N–H and O–H groups in total. The van der Waals surface area contributed by atoms with E-state index in [4.69, 9.17) is 9.84 Å². The lowest BCUT2D eigenvalue weighted by Gasteiger charge is -2.15. The van der Waals surface area contributed by atoms with E-state index in [2.05, 4.69) is 12.2 Å². The average Bonchev–Trinajstić information content (AvgIpc) is 3.17. The van der Waals surface area contributed by atoms with E-state index in [9.17, 15) is 4.79 Å². The maximum absolute atomic E-state index is 12.0. The van der Waals surface area contributed by atoms with Gasteiger partial charge < -0.3 is 15.2 Å². The Morgan fingerprint density at radius 1 is 1.55 bits per heavy atom. The van der Waals surface area contributed by atoms with Gasteiger partial charge in [0.2, 0.25) is 0 Å². The molecule has 1 aromatic rings. The summed E-state index contributed by atoms with van der Waals surface area (Å²) < 4.78 is 5.62. The first kappa shape index (κ1) is 14.9. The summed E-state index contributed by atoms with van der Waals surface area (Å²) in [5.41, 5.74) is 0.778. The van der Waals surface area contributed by atoms with Gasteiger partial charge in [-0.1, -0.05) is 25.5 Å². The summed E-state index contributed by atoms with van der Waals surface area (Å²) in [4.78, 5) is 12.0. The molecule has 1 saturated carbocycles. The van der Waals surface area contributed by atoms with Crippen molar-refractivity contribution in [2.75, 3.05) is 0 Å². The summed E-state index contributed by atoms with van der Waals surface area (Å²) in [5, 5.41) is 12.1. The first-order valence-corrected chi connectivity index (χ1v) is 7.30. The van der Waals surface area contributed by atoms with Gasteiger partial charge in [-0.25, -0.2) is 0 Å². The van der Waals surface area contributed by atoms with E-state index in [-0.39, 0.29) is 12.5 Å².